The summed E-state index contributed by atoms with van der Waals surface area (Å²) in [7, 11) is 1.92. The van der Waals surface area contributed by atoms with Crippen LogP contribution in [-0.4, -0.2) is 56.5 Å². The molecule has 2 aromatic rings. The minimum atomic E-state index is -0.0686. The Balaban J connectivity index is 1.41. The number of H-pyrrole nitrogens is 1. The number of hydrogen-bond acceptors (Lipinski definition) is 4. The molecule has 146 valence electrons. The largest absolute Gasteiger partial charge is 0.350 e. The van der Waals surface area contributed by atoms with E-state index in [2.05, 4.69) is 25.5 Å². The first kappa shape index (κ1) is 18.2. The number of carbonyl (C=O) groups excluding carboxylic acids is 1. The van der Waals surface area contributed by atoms with Crippen molar-refractivity contribution in [2.75, 3.05) is 19.6 Å². The fourth-order valence-electron chi connectivity index (χ4n) is 4.84. The SMILES string of the molecule is Cc1nn(C)c(C)c1-c1cc(C(=O)NC[C@H]2CCCN3CCCC[C@@H]23)[nH]n1. The second-order valence-electron chi connectivity index (χ2n) is 8.05. The van der Waals surface area contributed by atoms with Crippen molar-refractivity contribution in [3.8, 4) is 11.3 Å². The summed E-state index contributed by atoms with van der Waals surface area (Å²) < 4.78 is 1.85. The van der Waals surface area contributed by atoms with E-state index in [0.717, 1.165) is 29.2 Å². The molecule has 4 heterocycles. The van der Waals surface area contributed by atoms with Crippen molar-refractivity contribution < 1.29 is 4.79 Å². The molecule has 0 aliphatic carbocycles. The van der Waals surface area contributed by atoms with Crippen LogP contribution < -0.4 is 5.32 Å². The monoisotopic (exact) mass is 370 g/mol. The second kappa shape index (κ2) is 7.46. The van der Waals surface area contributed by atoms with E-state index in [9.17, 15) is 4.79 Å². The van der Waals surface area contributed by atoms with Crippen LogP contribution in [0.2, 0.25) is 0 Å². The number of aromatic nitrogens is 4. The molecule has 2 aliphatic heterocycles. The number of amides is 1. The van der Waals surface area contributed by atoms with E-state index >= 15 is 0 Å². The number of rotatable bonds is 4. The fraction of sp³-hybridized carbons (Fsp3) is 0.650. The number of aryl methyl sites for hydroxylation is 2. The minimum Gasteiger partial charge on any atom is -0.350 e. The summed E-state index contributed by atoms with van der Waals surface area (Å²) in [6.07, 6.45) is 6.36. The molecule has 1 amide bonds. The van der Waals surface area contributed by atoms with Crippen molar-refractivity contribution in [2.24, 2.45) is 13.0 Å². The molecule has 27 heavy (non-hydrogen) atoms. The number of hydrogen-bond donors (Lipinski definition) is 2. The summed E-state index contributed by atoms with van der Waals surface area (Å²) in [6.45, 7) is 7.18. The minimum absolute atomic E-state index is 0.0686. The van der Waals surface area contributed by atoms with Crippen LogP contribution in [-0.2, 0) is 7.05 Å². The van der Waals surface area contributed by atoms with Crippen molar-refractivity contribution in [1.82, 2.24) is 30.2 Å². The van der Waals surface area contributed by atoms with E-state index < -0.39 is 0 Å². The summed E-state index contributed by atoms with van der Waals surface area (Å²) in [5, 5.41) is 14.8. The van der Waals surface area contributed by atoms with Crippen LogP contribution in [0.1, 0.15) is 54.0 Å². The highest BCUT2D eigenvalue weighted by atomic mass is 16.1. The third-order valence-corrected chi connectivity index (χ3v) is 6.34. The zero-order valence-electron chi connectivity index (χ0n) is 16.6. The van der Waals surface area contributed by atoms with Crippen molar-refractivity contribution in [3.63, 3.8) is 0 Å². The molecule has 2 N–H and O–H groups in total. The highest BCUT2D eigenvalue weighted by molar-refractivity contribution is 5.93. The maximum Gasteiger partial charge on any atom is 0.269 e. The fourth-order valence-corrected chi connectivity index (χ4v) is 4.84. The lowest BCUT2D eigenvalue weighted by atomic mass is 9.83. The lowest BCUT2D eigenvalue weighted by Crippen LogP contribution is -2.51. The van der Waals surface area contributed by atoms with Gasteiger partial charge in [-0.05, 0) is 64.6 Å². The predicted molar refractivity (Wildman–Crippen MR) is 105 cm³/mol. The Morgan fingerprint density at radius 2 is 2.07 bits per heavy atom. The van der Waals surface area contributed by atoms with Gasteiger partial charge in [-0.1, -0.05) is 6.42 Å². The summed E-state index contributed by atoms with van der Waals surface area (Å²) >= 11 is 0. The third-order valence-electron chi connectivity index (χ3n) is 6.34. The van der Waals surface area contributed by atoms with Crippen LogP contribution in [0.4, 0.5) is 0 Å². The molecule has 2 aromatic heterocycles. The Morgan fingerprint density at radius 3 is 2.85 bits per heavy atom. The van der Waals surface area contributed by atoms with E-state index in [1.807, 2.05) is 31.6 Å². The Hall–Kier alpha value is -2.15. The standard InChI is InChI=1S/C20H30N6O/c1-13-19(14(2)25(3)24-13)16-11-17(23-22-16)20(27)21-12-15-7-6-10-26-9-5-4-8-18(15)26/h11,15,18H,4-10,12H2,1-3H3,(H,21,27)(H,22,23)/t15-,18+/m1/s1. The van der Waals surface area contributed by atoms with Gasteiger partial charge in [-0.25, -0.2) is 0 Å². The number of aromatic amines is 1. The second-order valence-corrected chi connectivity index (χ2v) is 8.05. The highest BCUT2D eigenvalue weighted by Crippen LogP contribution is 2.30. The van der Waals surface area contributed by atoms with Crippen LogP contribution in [0.3, 0.4) is 0 Å². The Morgan fingerprint density at radius 1 is 1.26 bits per heavy atom. The quantitative estimate of drug-likeness (QED) is 0.866. The molecule has 2 saturated heterocycles. The van der Waals surface area contributed by atoms with Gasteiger partial charge in [-0.3, -0.25) is 14.6 Å². The summed E-state index contributed by atoms with van der Waals surface area (Å²) in [5.74, 6) is 0.495. The number of fused-ring (bicyclic) bond motifs is 1. The van der Waals surface area contributed by atoms with Gasteiger partial charge in [0.25, 0.3) is 5.91 Å². The van der Waals surface area contributed by atoms with Crippen LogP contribution in [0.15, 0.2) is 6.07 Å². The smallest absolute Gasteiger partial charge is 0.269 e. The molecule has 2 fully saturated rings. The van der Waals surface area contributed by atoms with E-state index in [4.69, 9.17) is 0 Å². The van der Waals surface area contributed by atoms with Crippen LogP contribution in [0, 0.1) is 19.8 Å². The van der Waals surface area contributed by atoms with E-state index in [1.165, 1.54) is 45.2 Å². The first-order valence-corrected chi connectivity index (χ1v) is 10.1. The number of nitrogens with one attached hydrogen (secondary N) is 2. The van der Waals surface area contributed by atoms with Gasteiger partial charge in [0.05, 0.1) is 11.4 Å². The zero-order chi connectivity index (χ0) is 19.0. The zero-order valence-corrected chi connectivity index (χ0v) is 16.6. The molecule has 0 bridgehead atoms. The van der Waals surface area contributed by atoms with Crippen LogP contribution in [0.25, 0.3) is 11.3 Å². The Labute approximate surface area is 160 Å². The number of carbonyl (C=O) groups is 1. The van der Waals surface area contributed by atoms with Crippen molar-refractivity contribution in [1.29, 1.82) is 0 Å². The molecule has 0 radical (unpaired) electrons. The maximum atomic E-state index is 12.7. The van der Waals surface area contributed by atoms with Crippen molar-refractivity contribution in [2.45, 2.75) is 52.0 Å². The molecule has 7 heteroatoms. The molecule has 0 saturated carbocycles. The summed E-state index contributed by atoms with van der Waals surface area (Å²) in [6, 6.07) is 2.48. The lowest BCUT2D eigenvalue weighted by Gasteiger charge is -2.44. The van der Waals surface area contributed by atoms with Crippen molar-refractivity contribution in [3.05, 3.63) is 23.1 Å². The Bertz CT molecular complexity index is 821. The van der Waals surface area contributed by atoms with E-state index in [-0.39, 0.29) is 5.91 Å². The van der Waals surface area contributed by atoms with Gasteiger partial charge in [0.1, 0.15) is 5.69 Å². The molecule has 7 nitrogen and oxygen atoms in total. The molecule has 0 aromatic carbocycles. The Kier molecular flexibility index (Phi) is 5.04. The summed E-state index contributed by atoms with van der Waals surface area (Å²) in [4.78, 5) is 15.3. The number of nitrogens with zero attached hydrogens (tertiary/aromatic N) is 4. The first-order chi connectivity index (χ1) is 13.0. The van der Waals surface area contributed by atoms with Gasteiger partial charge in [0.15, 0.2) is 0 Å². The molecular weight excluding hydrogens is 340 g/mol. The van der Waals surface area contributed by atoms with Gasteiger partial charge >= 0.3 is 0 Å². The van der Waals surface area contributed by atoms with E-state index in [1.54, 1.807) is 0 Å². The van der Waals surface area contributed by atoms with Crippen LogP contribution in [0.5, 0.6) is 0 Å². The predicted octanol–water partition coefficient (Wildman–Crippen LogP) is 2.42. The topological polar surface area (TPSA) is 78.8 Å². The molecule has 2 aliphatic rings. The summed E-state index contributed by atoms with van der Waals surface area (Å²) in [5.41, 5.74) is 4.26. The maximum absolute atomic E-state index is 12.7. The van der Waals surface area contributed by atoms with Gasteiger partial charge in [-0.15, -0.1) is 0 Å². The highest BCUT2D eigenvalue weighted by Gasteiger charge is 2.33. The van der Waals surface area contributed by atoms with E-state index in [0.29, 0.717) is 17.7 Å². The van der Waals surface area contributed by atoms with Gasteiger partial charge in [-0.2, -0.15) is 10.2 Å². The molecule has 0 unspecified atom stereocenters. The van der Waals surface area contributed by atoms with Crippen molar-refractivity contribution >= 4 is 5.91 Å². The average molecular weight is 371 g/mol. The molecule has 4 rings (SSSR count). The first-order valence-electron chi connectivity index (χ1n) is 10.1. The van der Waals surface area contributed by atoms with Gasteiger partial charge in [0, 0.05) is 30.9 Å². The lowest BCUT2D eigenvalue weighted by molar-refractivity contribution is 0.0575. The molecular formula is C20H30N6O. The van der Waals surface area contributed by atoms with Crippen LogP contribution >= 0.6 is 0 Å². The molecule has 2 atom stereocenters. The normalized spacial score (nSPS) is 23.2. The molecule has 0 spiro atoms. The number of piperidine rings is 2. The third kappa shape index (κ3) is 3.52. The average Bonchev–Trinajstić information content (AvgIpc) is 3.24. The van der Waals surface area contributed by atoms with Gasteiger partial charge < -0.3 is 10.2 Å². The van der Waals surface area contributed by atoms with Gasteiger partial charge in [0.2, 0.25) is 0 Å².